The van der Waals surface area contributed by atoms with Gasteiger partial charge in [-0.05, 0) is 17.7 Å². The Morgan fingerprint density at radius 3 is 2.26 bits per heavy atom. The molecule has 3 rings (SSSR count). The van der Waals surface area contributed by atoms with E-state index in [9.17, 15) is 32.3 Å². The van der Waals surface area contributed by atoms with Gasteiger partial charge in [0.2, 0.25) is 0 Å². The van der Waals surface area contributed by atoms with Crippen LogP contribution in [0.1, 0.15) is 33.9 Å². The summed E-state index contributed by atoms with van der Waals surface area (Å²) in [6, 6.07) is 4.95. The molecule has 0 spiro atoms. The van der Waals surface area contributed by atoms with Crippen LogP contribution in [0.3, 0.4) is 0 Å². The van der Waals surface area contributed by atoms with E-state index in [1.165, 1.54) is 31.4 Å². The Bertz CT molecular complexity index is 930. The minimum absolute atomic E-state index is 0.362. The average molecular weight is 383 g/mol. The van der Waals surface area contributed by atoms with Crippen LogP contribution in [0.25, 0.3) is 0 Å². The molecule has 9 heteroatoms. The monoisotopic (exact) mass is 383 g/mol. The summed E-state index contributed by atoms with van der Waals surface area (Å²) in [6.45, 7) is -0.585. The normalized spacial score (nSPS) is 14.3. The second kappa shape index (κ2) is 6.90. The van der Waals surface area contributed by atoms with Crippen molar-refractivity contribution in [3.05, 3.63) is 64.2 Å². The molecule has 1 heterocycles. The van der Waals surface area contributed by atoms with E-state index in [2.05, 4.69) is 0 Å². The van der Waals surface area contributed by atoms with Crippen molar-refractivity contribution in [1.29, 1.82) is 0 Å². The van der Waals surface area contributed by atoms with Gasteiger partial charge in [-0.3, -0.25) is 9.59 Å². The molecular weight excluding hydrogens is 370 g/mol. The summed E-state index contributed by atoms with van der Waals surface area (Å²) < 4.78 is 60.0. The van der Waals surface area contributed by atoms with Gasteiger partial charge in [0.15, 0.2) is 23.3 Å². The second-order valence-electron chi connectivity index (χ2n) is 5.93. The summed E-state index contributed by atoms with van der Waals surface area (Å²) in [7, 11) is 1.43. The quantitative estimate of drug-likeness (QED) is 0.488. The zero-order chi connectivity index (χ0) is 19.9. The van der Waals surface area contributed by atoms with E-state index in [1.807, 2.05) is 0 Å². The number of methoxy groups -OCH3 is 1. The number of hydrogen-bond acceptors (Lipinski definition) is 3. The molecular formula is C18H13F4NO4. The van der Waals surface area contributed by atoms with Crippen LogP contribution in [-0.2, 0) is 11.3 Å². The maximum Gasteiger partial charge on any atom is 0.305 e. The molecule has 0 bridgehead atoms. The standard InChI is InChI=1S/C18H13F4NO4/c1-27-9-4-2-8(3-5-9)11(6-12(24)25)23-7-10-13(18(23)26)15(20)17(22)16(21)14(10)19/h2-5,11H,6-7H2,1H3,(H,24,25). The van der Waals surface area contributed by atoms with Crippen molar-refractivity contribution < 1.29 is 37.0 Å². The molecule has 0 fully saturated rings. The van der Waals surface area contributed by atoms with Gasteiger partial charge in [-0.2, -0.15) is 0 Å². The van der Waals surface area contributed by atoms with Crippen molar-refractivity contribution in [3.63, 3.8) is 0 Å². The Labute approximate surface area is 150 Å². The van der Waals surface area contributed by atoms with Crippen molar-refractivity contribution in [2.75, 3.05) is 7.11 Å². The molecule has 0 saturated carbocycles. The second-order valence-corrected chi connectivity index (χ2v) is 5.93. The molecule has 2 aromatic carbocycles. The average Bonchev–Trinajstić information content (AvgIpc) is 3.00. The molecule has 142 valence electrons. The smallest absolute Gasteiger partial charge is 0.305 e. The number of hydrogen-bond donors (Lipinski definition) is 1. The summed E-state index contributed by atoms with van der Waals surface area (Å²) in [5.41, 5.74) is -1.20. The topological polar surface area (TPSA) is 66.8 Å². The molecule has 1 atom stereocenters. The van der Waals surface area contributed by atoms with Gasteiger partial charge < -0.3 is 14.7 Å². The van der Waals surface area contributed by atoms with Gasteiger partial charge in [-0.1, -0.05) is 12.1 Å². The SMILES string of the molecule is COc1ccc(C(CC(=O)O)N2Cc3c(F)c(F)c(F)c(F)c3C2=O)cc1. The first-order valence-corrected chi connectivity index (χ1v) is 7.77. The highest BCUT2D eigenvalue weighted by Crippen LogP contribution is 2.37. The minimum Gasteiger partial charge on any atom is -0.497 e. The fourth-order valence-electron chi connectivity index (χ4n) is 3.09. The largest absolute Gasteiger partial charge is 0.497 e. The molecule has 2 aromatic rings. The fourth-order valence-corrected chi connectivity index (χ4v) is 3.09. The van der Waals surface area contributed by atoms with E-state index in [0.717, 1.165) is 4.90 Å². The van der Waals surface area contributed by atoms with E-state index in [0.29, 0.717) is 11.3 Å². The number of ether oxygens (including phenoxy) is 1. The van der Waals surface area contributed by atoms with Crippen LogP contribution in [0.5, 0.6) is 5.75 Å². The van der Waals surface area contributed by atoms with Gasteiger partial charge in [0.05, 0.1) is 31.7 Å². The highest BCUT2D eigenvalue weighted by molar-refractivity contribution is 5.99. The zero-order valence-electron chi connectivity index (χ0n) is 13.9. The van der Waals surface area contributed by atoms with Crippen molar-refractivity contribution in [1.82, 2.24) is 4.90 Å². The first-order chi connectivity index (χ1) is 12.8. The number of nitrogens with zero attached hydrogens (tertiary/aromatic N) is 1. The lowest BCUT2D eigenvalue weighted by Crippen LogP contribution is -2.31. The van der Waals surface area contributed by atoms with E-state index in [-0.39, 0.29) is 0 Å². The predicted molar refractivity (Wildman–Crippen MR) is 84.1 cm³/mol. The van der Waals surface area contributed by atoms with Crippen LogP contribution in [0.4, 0.5) is 17.6 Å². The molecule has 1 aliphatic rings. The molecule has 0 radical (unpaired) electrons. The van der Waals surface area contributed by atoms with Gasteiger partial charge in [-0.25, -0.2) is 17.6 Å². The number of carboxylic acids is 1. The summed E-state index contributed by atoms with van der Waals surface area (Å²) >= 11 is 0. The summed E-state index contributed by atoms with van der Waals surface area (Å²) in [5.74, 6) is -9.45. The van der Waals surface area contributed by atoms with Crippen LogP contribution in [0, 0.1) is 23.3 Å². The van der Waals surface area contributed by atoms with Gasteiger partial charge >= 0.3 is 5.97 Å². The third kappa shape index (κ3) is 3.09. The lowest BCUT2D eigenvalue weighted by Gasteiger charge is -2.27. The van der Waals surface area contributed by atoms with Gasteiger partial charge in [0.25, 0.3) is 5.91 Å². The van der Waals surface area contributed by atoms with Gasteiger partial charge in [0.1, 0.15) is 5.75 Å². The lowest BCUT2D eigenvalue weighted by atomic mass is 10.0. The van der Waals surface area contributed by atoms with E-state index in [4.69, 9.17) is 4.74 Å². The Hall–Kier alpha value is -3.10. The number of carbonyl (C=O) groups excluding carboxylic acids is 1. The molecule has 1 amide bonds. The molecule has 5 nitrogen and oxygen atoms in total. The molecule has 0 aliphatic carbocycles. The Morgan fingerprint density at radius 1 is 1.11 bits per heavy atom. The van der Waals surface area contributed by atoms with Crippen LogP contribution in [0.2, 0.25) is 0 Å². The minimum atomic E-state index is -2.08. The Kier molecular flexibility index (Phi) is 4.77. The molecule has 1 aliphatic heterocycles. The molecule has 0 saturated heterocycles. The van der Waals surface area contributed by atoms with Crippen molar-refractivity contribution in [3.8, 4) is 5.75 Å². The first-order valence-electron chi connectivity index (χ1n) is 7.77. The van der Waals surface area contributed by atoms with Gasteiger partial charge in [-0.15, -0.1) is 0 Å². The van der Waals surface area contributed by atoms with Crippen LogP contribution in [0.15, 0.2) is 24.3 Å². The van der Waals surface area contributed by atoms with Gasteiger partial charge in [0, 0.05) is 5.56 Å². The number of halogens is 4. The number of carboxylic acid groups (broad SMARTS) is 1. The highest BCUT2D eigenvalue weighted by atomic mass is 19.2. The fraction of sp³-hybridized carbons (Fsp3) is 0.222. The lowest BCUT2D eigenvalue weighted by molar-refractivity contribution is -0.138. The maximum absolute atomic E-state index is 14.0. The van der Waals surface area contributed by atoms with Crippen LogP contribution < -0.4 is 4.74 Å². The maximum atomic E-state index is 14.0. The highest BCUT2D eigenvalue weighted by Gasteiger charge is 2.41. The number of amides is 1. The molecule has 0 aromatic heterocycles. The van der Waals surface area contributed by atoms with E-state index >= 15 is 0 Å². The van der Waals surface area contributed by atoms with Crippen molar-refractivity contribution >= 4 is 11.9 Å². The number of rotatable bonds is 5. The predicted octanol–water partition coefficient (Wildman–Crippen LogP) is 3.42. The molecule has 27 heavy (non-hydrogen) atoms. The third-order valence-electron chi connectivity index (χ3n) is 4.41. The Morgan fingerprint density at radius 2 is 1.70 bits per heavy atom. The van der Waals surface area contributed by atoms with Crippen molar-refractivity contribution in [2.24, 2.45) is 0 Å². The Balaban J connectivity index is 2.06. The summed E-state index contributed by atoms with van der Waals surface area (Å²) in [6.07, 6.45) is -0.569. The number of fused-ring (bicyclic) bond motifs is 1. The zero-order valence-corrected chi connectivity index (χ0v) is 13.9. The number of carbonyl (C=O) groups is 2. The summed E-state index contributed by atoms with van der Waals surface area (Å²) in [4.78, 5) is 24.7. The van der Waals surface area contributed by atoms with E-state index < -0.39 is 65.3 Å². The van der Waals surface area contributed by atoms with E-state index in [1.54, 1.807) is 0 Å². The number of aliphatic carboxylic acids is 1. The summed E-state index contributed by atoms with van der Waals surface area (Å²) in [5, 5.41) is 9.18. The van der Waals surface area contributed by atoms with Crippen LogP contribution in [-0.4, -0.2) is 29.0 Å². The molecule has 1 unspecified atom stereocenters. The number of benzene rings is 2. The van der Waals surface area contributed by atoms with Crippen molar-refractivity contribution in [2.45, 2.75) is 19.0 Å². The first kappa shape index (κ1) is 18.7. The van der Waals surface area contributed by atoms with Crippen LogP contribution >= 0.6 is 0 Å². The third-order valence-corrected chi connectivity index (χ3v) is 4.41. The molecule has 1 N–H and O–H groups in total.